The number of fused-ring (bicyclic) bond motifs is 1. The van der Waals surface area contributed by atoms with Crippen LogP contribution in [0.1, 0.15) is 107 Å². The molecule has 4 aliphatic rings. The molecule has 1 aromatic carbocycles. The third-order valence-corrected chi connectivity index (χ3v) is 14.8. The van der Waals surface area contributed by atoms with Gasteiger partial charge in [0.25, 0.3) is 0 Å². The molecule has 70 heavy (non-hydrogen) atoms. The Balaban J connectivity index is 1.49. The Bertz CT molecular complexity index is 1880. The number of aliphatic hydroxyl groups is 1. The predicted octanol–water partition coefficient (Wildman–Crippen LogP) is 5.60. The second-order valence-corrected chi connectivity index (χ2v) is 21.0. The van der Waals surface area contributed by atoms with Gasteiger partial charge in [-0.3, -0.25) is 14.5 Å². The molecule has 0 saturated carbocycles. The SMILES string of the molecule is CC[C@H]1OC(=O)[C@H](C)[C@H](O[C@H]2C[C@@](C)(OC)[C@@H](OC(=O)NCCOCc3ccccc3)[C@H](C)O2)[C@@H](C)[C@@H](O[C@@H]2O[C@H](C)C[C@H](N(C)C)[C@H]2OC(C)=O)[C@](C)(O)C[C@@H](C)CN(C)[C@H](C)[C@H]2OC(=O)O[C@@]21C. The van der Waals surface area contributed by atoms with Crippen LogP contribution in [0.25, 0.3) is 0 Å². The molecule has 0 unspecified atom stereocenters. The van der Waals surface area contributed by atoms with Crippen LogP contribution in [-0.4, -0.2) is 177 Å². The Labute approximate surface area is 415 Å². The van der Waals surface area contributed by atoms with E-state index in [2.05, 4.69) is 5.32 Å². The molecule has 0 aliphatic carbocycles. The number of carbonyl (C=O) groups excluding carboxylic acids is 4. The number of benzene rings is 1. The lowest BCUT2D eigenvalue weighted by molar-refractivity contribution is -0.318. The van der Waals surface area contributed by atoms with Crippen LogP contribution in [0, 0.1) is 17.8 Å². The molecular weight excluding hydrogens is 911 g/mol. The van der Waals surface area contributed by atoms with Crippen LogP contribution in [0.3, 0.4) is 0 Å². The summed E-state index contributed by atoms with van der Waals surface area (Å²) in [5.74, 6) is -3.29. The minimum absolute atomic E-state index is 0.0487. The topological polar surface area (TPSA) is 209 Å². The molecule has 0 radical (unpaired) electrons. The van der Waals surface area contributed by atoms with E-state index in [1.807, 2.05) is 95.9 Å². The molecule has 4 fully saturated rings. The monoisotopic (exact) mass is 994 g/mol. The highest BCUT2D eigenvalue weighted by Crippen LogP contribution is 2.42. The van der Waals surface area contributed by atoms with Crippen molar-refractivity contribution in [1.82, 2.24) is 15.1 Å². The van der Waals surface area contributed by atoms with Gasteiger partial charge < -0.3 is 67.4 Å². The van der Waals surface area contributed by atoms with Crippen molar-refractivity contribution in [3.8, 4) is 0 Å². The first kappa shape index (κ1) is 57.2. The molecular formula is C51H83N3O16. The Morgan fingerprint density at radius 3 is 2.24 bits per heavy atom. The van der Waals surface area contributed by atoms with Crippen LogP contribution >= 0.6 is 0 Å². The van der Waals surface area contributed by atoms with Crippen LogP contribution in [0.15, 0.2) is 30.3 Å². The highest BCUT2D eigenvalue weighted by molar-refractivity contribution is 5.73. The fourth-order valence-electron chi connectivity index (χ4n) is 11.0. The van der Waals surface area contributed by atoms with Crippen molar-refractivity contribution in [2.45, 2.75) is 199 Å². The Morgan fingerprint density at radius 2 is 1.61 bits per heavy atom. The van der Waals surface area contributed by atoms with E-state index in [-0.39, 0.29) is 50.5 Å². The number of hydrogen-bond acceptors (Lipinski definition) is 18. The van der Waals surface area contributed by atoms with Gasteiger partial charge >= 0.3 is 24.2 Å². The minimum atomic E-state index is -1.64. The van der Waals surface area contributed by atoms with Crippen molar-refractivity contribution >= 4 is 24.2 Å². The first-order valence-corrected chi connectivity index (χ1v) is 24.9. The molecule has 4 heterocycles. The molecule has 398 valence electrons. The molecule has 18 atom stereocenters. The minimum Gasteiger partial charge on any atom is -0.458 e. The van der Waals surface area contributed by atoms with Gasteiger partial charge in [-0.25, -0.2) is 9.59 Å². The molecule has 1 aromatic rings. The van der Waals surface area contributed by atoms with Crippen molar-refractivity contribution < 1.29 is 76.4 Å². The molecule has 0 aromatic heterocycles. The fraction of sp³-hybridized carbons (Fsp3) is 0.804. The number of nitrogens with zero attached hydrogens (tertiary/aromatic N) is 2. The maximum Gasteiger partial charge on any atom is 0.509 e. The Morgan fingerprint density at radius 1 is 0.929 bits per heavy atom. The normalized spacial score (nSPS) is 40.2. The molecule has 2 N–H and O–H groups in total. The number of likely N-dealkylation sites (N-methyl/N-ethyl adjacent to an activating group) is 2. The van der Waals surface area contributed by atoms with Gasteiger partial charge in [0.1, 0.15) is 11.7 Å². The summed E-state index contributed by atoms with van der Waals surface area (Å²) >= 11 is 0. The maximum absolute atomic E-state index is 14.8. The van der Waals surface area contributed by atoms with Gasteiger partial charge in [0.05, 0.1) is 55.2 Å². The van der Waals surface area contributed by atoms with Gasteiger partial charge in [0.2, 0.25) is 0 Å². The van der Waals surface area contributed by atoms with Gasteiger partial charge in [0.15, 0.2) is 36.5 Å². The summed E-state index contributed by atoms with van der Waals surface area (Å²) in [5, 5.41) is 15.7. The summed E-state index contributed by atoms with van der Waals surface area (Å²) in [5.41, 5.74) is -3.14. The van der Waals surface area contributed by atoms with E-state index in [0.717, 1.165) is 5.56 Å². The number of hydrogen-bond donors (Lipinski definition) is 2. The highest BCUT2D eigenvalue weighted by Gasteiger charge is 2.59. The standard InChI is InChI=1S/C51H83N3O16/c1-16-38-51(11)43(69-48(58)70-51)33(6)54(14)27-29(2)25-49(9,59)42(67-46-41(64-35(8)55)37(53(12)13)24-30(3)62-46)31(4)40(32(5)45(56)65-38)66-39-26-50(10,60-15)44(34(7)63-39)68-47(57)52-22-23-61-28-36-20-18-17-19-21-36/h17-21,29-34,37-44,46,59H,16,22-28H2,1-15H3,(H,52,57)/t29-,30-,31-,32-,33-,34+,37+,38-,39+,40-,41-,42-,43-,44+,46+,49-,50-,51-/m1/s1. The van der Waals surface area contributed by atoms with Crippen molar-refractivity contribution in [3.05, 3.63) is 35.9 Å². The summed E-state index contributed by atoms with van der Waals surface area (Å²) in [7, 11) is 7.20. The number of amides is 1. The molecule has 4 saturated heterocycles. The van der Waals surface area contributed by atoms with E-state index in [9.17, 15) is 24.3 Å². The number of alkyl carbamates (subject to hydrolysis) is 1. The second kappa shape index (κ2) is 24.4. The maximum atomic E-state index is 14.8. The van der Waals surface area contributed by atoms with E-state index >= 15 is 0 Å². The molecule has 1 amide bonds. The molecule has 19 heteroatoms. The van der Waals surface area contributed by atoms with E-state index in [1.165, 1.54) is 14.0 Å². The summed E-state index contributed by atoms with van der Waals surface area (Å²) in [4.78, 5) is 57.6. The largest absolute Gasteiger partial charge is 0.509 e. The summed E-state index contributed by atoms with van der Waals surface area (Å²) in [6, 6.07) is 9.01. The van der Waals surface area contributed by atoms with Crippen LogP contribution in [-0.2, 0) is 68.3 Å². The number of esters is 2. The van der Waals surface area contributed by atoms with Crippen LogP contribution < -0.4 is 5.32 Å². The number of cyclic esters (lactones) is 1. The van der Waals surface area contributed by atoms with Crippen molar-refractivity contribution in [2.24, 2.45) is 17.8 Å². The first-order valence-electron chi connectivity index (χ1n) is 24.9. The average molecular weight is 994 g/mol. The van der Waals surface area contributed by atoms with E-state index in [0.29, 0.717) is 19.6 Å². The second-order valence-electron chi connectivity index (χ2n) is 21.0. The molecule has 4 aliphatic heterocycles. The third-order valence-electron chi connectivity index (χ3n) is 14.8. The predicted molar refractivity (Wildman–Crippen MR) is 255 cm³/mol. The summed E-state index contributed by atoms with van der Waals surface area (Å²) in [6.07, 6.45) is -9.54. The van der Waals surface area contributed by atoms with Gasteiger partial charge in [-0.1, -0.05) is 51.1 Å². The zero-order chi connectivity index (χ0) is 51.9. The van der Waals surface area contributed by atoms with Crippen molar-refractivity contribution in [1.29, 1.82) is 0 Å². The van der Waals surface area contributed by atoms with Crippen molar-refractivity contribution in [3.63, 3.8) is 0 Å². The number of carbonyl (C=O) groups is 4. The smallest absolute Gasteiger partial charge is 0.458 e. The third kappa shape index (κ3) is 13.9. The molecule has 5 rings (SSSR count). The first-order chi connectivity index (χ1) is 32.8. The van der Waals surface area contributed by atoms with Gasteiger partial charge in [-0.05, 0) is 100 Å². The zero-order valence-electron chi connectivity index (χ0n) is 44.2. The number of rotatable bonds is 14. The molecule has 0 bridgehead atoms. The summed E-state index contributed by atoms with van der Waals surface area (Å²) < 4.78 is 68.8. The van der Waals surface area contributed by atoms with E-state index in [4.69, 9.17) is 52.1 Å². The Hall–Kier alpha value is -3.66. The number of nitrogens with one attached hydrogen (secondary N) is 1. The average Bonchev–Trinajstić information content (AvgIpc) is 3.60. The van der Waals surface area contributed by atoms with Crippen LogP contribution in [0.4, 0.5) is 9.59 Å². The summed E-state index contributed by atoms with van der Waals surface area (Å²) in [6.45, 7) is 20.8. The van der Waals surface area contributed by atoms with Gasteiger partial charge in [-0.15, -0.1) is 0 Å². The molecule has 0 spiro atoms. The highest BCUT2D eigenvalue weighted by atomic mass is 16.8. The van der Waals surface area contributed by atoms with Gasteiger partial charge in [0, 0.05) is 45.5 Å². The van der Waals surface area contributed by atoms with E-state index in [1.54, 1.807) is 34.6 Å². The quantitative estimate of drug-likeness (QED) is 0.132. The Kier molecular flexibility index (Phi) is 19.9. The van der Waals surface area contributed by atoms with Crippen molar-refractivity contribution in [2.75, 3.05) is 47.9 Å². The lowest BCUT2D eigenvalue weighted by Gasteiger charge is -2.49. The van der Waals surface area contributed by atoms with Crippen LogP contribution in [0.5, 0.6) is 0 Å². The number of methoxy groups -OCH3 is 1. The lowest BCUT2D eigenvalue weighted by Crippen LogP contribution is -2.61. The van der Waals surface area contributed by atoms with Crippen LogP contribution in [0.2, 0.25) is 0 Å². The van der Waals surface area contributed by atoms with E-state index < -0.39 is 114 Å². The zero-order valence-corrected chi connectivity index (χ0v) is 44.2. The fourth-order valence-corrected chi connectivity index (χ4v) is 11.0. The molecule has 19 nitrogen and oxygen atoms in total. The van der Waals surface area contributed by atoms with Gasteiger partial charge in [-0.2, -0.15) is 0 Å². The lowest BCUT2D eigenvalue weighted by atomic mass is 9.77. The number of ether oxygens (including phenoxy) is 11.